The minimum atomic E-state index is -0.626. The summed E-state index contributed by atoms with van der Waals surface area (Å²) in [5, 5.41) is 0. The smallest absolute Gasteiger partial charge is 0.165 e. The van der Waals surface area contributed by atoms with Gasteiger partial charge in [-0.3, -0.25) is 4.79 Å². The van der Waals surface area contributed by atoms with Crippen LogP contribution in [-0.2, 0) is 27.3 Å². The van der Waals surface area contributed by atoms with E-state index in [-0.39, 0.29) is 48.9 Å². The highest BCUT2D eigenvalue weighted by molar-refractivity contribution is 5.80. The van der Waals surface area contributed by atoms with E-state index in [1.165, 1.54) is 6.07 Å². The van der Waals surface area contributed by atoms with Gasteiger partial charge in [0.05, 0.1) is 6.10 Å². The first-order valence-electron chi connectivity index (χ1n) is 9.90. The number of carbonyl (C=O) groups is 1. The lowest BCUT2D eigenvalue weighted by Crippen LogP contribution is -2.50. The van der Waals surface area contributed by atoms with Crippen molar-refractivity contribution in [3.8, 4) is 5.75 Å². The van der Waals surface area contributed by atoms with Crippen molar-refractivity contribution < 1.29 is 27.8 Å². The molecule has 2 fully saturated rings. The van der Waals surface area contributed by atoms with E-state index in [1.54, 1.807) is 0 Å². The molecule has 29 heavy (non-hydrogen) atoms. The second kappa shape index (κ2) is 8.20. The molecule has 4 rings (SSSR count). The quantitative estimate of drug-likeness (QED) is 0.709. The fraction of sp³-hybridized carbons (Fsp3) is 0.435. The van der Waals surface area contributed by atoms with Gasteiger partial charge < -0.3 is 14.2 Å². The lowest BCUT2D eigenvalue weighted by Gasteiger charge is -2.40. The Balaban J connectivity index is 1.47. The van der Waals surface area contributed by atoms with Crippen molar-refractivity contribution in [1.29, 1.82) is 0 Å². The van der Waals surface area contributed by atoms with Crippen LogP contribution in [0.1, 0.15) is 37.3 Å². The van der Waals surface area contributed by atoms with Crippen LogP contribution in [0.4, 0.5) is 8.78 Å². The van der Waals surface area contributed by atoms with Gasteiger partial charge in [0.2, 0.25) is 0 Å². The summed E-state index contributed by atoms with van der Waals surface area (Å²) in [7, 11) is 0. The Morgan fingerprint density at radius 1 is 1.21 bits per heavy atom. The molecule has 1 saturated heterocycles. The topological polar surface area (TPSA) is 44.8 Å². The molecule has 2 aliphatic rings. The predicted octanol–water partition coefficient (Wildman–Crippen LogP) is 4.59. The van der Waals surface area contributed by atoms with E-state index in [0.717, 1.165) is 11.6 Å². The minimum absolute atomic E-state index is 0.109. The molecular weight excluding hydrogens is 378 g/mol. The molecule has 3 atom stereocenters. The highest BCUT2D eigenvalue weighted by Gasteiger charge is 2.52. The minimum Gasteiger partial charge on any atom is -0.486 e. The van der Waals surface area contributed by atoms with E-state index in [0.29, 0.717) is 19.3 Å². The Labute approximate surface area is 168 Å². The summed E-state index contributed by atoms with van der Waals surface area (Å²) in [6.07, 6.45) is 1.25. The number of ketones is 1. The Morgan fingerprint density at radius 3 is 2.79 bits per heavy atom. The first kappa shape index (κ1) is 20.0. The highest BCUT2D eigenvalue weighted by atomic mass is 19.1. The van der Waals surface area contributed by atoms with Gasteiger partial charge >= 0.3 is 0 Å². The van der Waals surface area contributed by atoms with Crippen LogP contribution in [-0.4, -0.2) is 24.3 Å². The zero-order valence-electron chi connectivity index (χ0n) is 16.3. The van der Waals surface area contributed by atoms with Crippen molar-refractivity contribution in [2.45, 2.75) is 50.9 Å². The molecule has 1 aliphatic carbocycles. The molecule has 2 aromatic carbocycles. The Morgan fingerprint density at radius 2 is 2.00 bits per heavy atom. The normalized spacial score (nSPS) is 24.9. The van der Waals surface area contributed by atoms with Gasteiger partial charge in [-0.05, 0) is 36.0 Å². The average Bonchev–Trinajstić information content (AvgIpc) is 3.14. The van der Waals surface area contributed by atoms with Crippen molar-refractivity contribution in [2.75, 3.05) is 6.79 Å². The molecule has 0 aromatic heterocycles. The molecule has 6 heteroatoms. The molecule has 0 radical (unpaired) electrons. The van der Waals surface area contributed by atoms with Crippen molar-refractivity contribution in [2.24, 2.45) is 5.92 Å². The summed E-state index contributed by atoms with van der Waals surface area (Å²) in [4.78, 5) is 11.8. The Bertz CT molecular complexity index is 886. The molecule has 0 amide bonds. The number of benzene rings is 2. The van der Waals surface area contributed by atoms with E-state index in [4.69, 9.17) is 14.2 Å². The molecule has 4 nitrogen and oxygen atoms in total. The third-order valence-corrected chi connectivity index (χ3v) is 6.05. The fourth-order valence-corrected chi connectivity index (χ4v) is 4.35. The number of rotatable bonds is 6. The summed E-state index contributed by atoms with van der Waals surface area (Å²) in [5.74, 6) is -1.20. The number of halogens is 2. The van der Waals surface area contributed by atoms with Gasteiger partial charge in [-0.2, -0.15) is 0 Å². The summed E-state index contributed by atoms with van der Waals surface area (Å²) in [5.41, 5.74) is 0.516. The molecule has 1 heterocycles. The highest BCUT2D eigenvalue weighted by Crippen LogP contribution is 2.43. The summed E-state index contributed by atoms with van der Waals surface area (Å²) >= 11 is 0. The molecule has 1 unspecified atom stereocenters. The van der Waals surface area contributed by atoms with Gasteiger partial charge in [0.15, 0.2) is 11.6 Å². The summed E-state index contributed by atoms with van der Waals surface area (Å²) < 4.78 is 46.2. The second-order valence-corrected chi connectivity index (χ2v) is 7.87. The van der Waals surface area contributed by atoms with E-state index in [1.807, 2.05) is 37.3 Å². The lowest BCUT2D eigenvalue weighted by atomic mass is 9.72. The monoisotopic (exact) mass is 402 g/mol. The molecule has 0 spiro atoms. The van der Waals surface area contributed by atoms with Gasteiger partial charge in [0.25, 0.3) is 0 Å². The lowest BCUT2D eigenvalue weighted by molar-refractivity contribution is -0.130. The van der Waals surface area contributed by atoms with Crippen LogP contribution in [0.15, 0.2) is 42.5 Å². The number of fused-ring (bicyclic) bond motifs is 1. The third-order valence-electron chi connectivity index (χ3n) is 6.05. The maximum absolute atomic E-state index is 14.7. The summed E-state index contributed by atoms with van der Waals surface area (Å²) in [6.45, 7) is 2.23. The van der Waals surface area contributed by atoms with E-state index in [9.17, 15) is 13.6 Å². The standard InChI is InChI=1S/C23H24F2O4/c1-15(23-8-7-18(26)11-22(23)28-14-29-23)9-17-10-20(25)21(12-19(17)24)27-13-16-5-3-2-4-6-16/h2-6,10,12,15,22H,7-9,11,13-14H2,1H3/t15-,22?,23+/m0/s1. The first-order valence-corrected chi connectivity index (χ1v) is 9.90. The first-order chi connectivity index (χ1) is 14.0. The van der Waals surface area contributed by atoms with E-state index >= 15 is 0 Å². The molecule has 1 aliphatic heterocycles. The fourth-order valence-electron chi connectivity index (χ4n) is 4.35. The van der Waals surface area contributed by atoms with Crippen molar-refractivity contribution in [1.82, 2.24) is 0 Å². The van der Waals surface area contributed by atoms with Gasteiger partial charge in [0, 0.05) is 18.9 Å². The molecule has 0 bridgehead atoms. The molecular formula is C23H24F2O4. The summed E-state index contributed by atoms with van der Waals surface area (Å²) in [6, 6.07) is 11.6. The van der Waals surface area contributed by atoms with Crippen molar-refractivity contribution in [3.05, 3.63) is 65.2 Å². The van der Waals surface area contributed by atoms with Crippen molar-refractivity contribution in [3.63, 3.8) is 0 Å². The maximum Gasteiger partial charge on any atom is 0.165 e. The van der Waals surface area contributed by atoms with Crippen LogP contribution in [0, 0.1) is 17.6 Å². The van der Waals surface area contributed by atoms with E-state index in [2.05, 4.69) is 0 Å². The zero-order valence-corrected chi connectivity index (χ0v) is 16.3. The van der Waals surface area contributed by atoms with Crippen LogP contribution >= 0.6 is 0 Å². The van der Waals surface area contributed by atoms with Crippen LogP contribution < -0.4 is 4.74 Å². The number of hydrogen-bond acceptors (Lipinski definition) is 4. The number of carbonyl (C=O) groups excluding carboxylic acids is 1. The van der Waals surface area contributed by atoms with Crippen LogP contribution in [0.3, 0.4) is 0 Å². The van der Waals surface area contributed by atoms with Crippen molar-refractivity contribution >= 4 is 5.78 Å². The molecule has 154 valence electrons. The SMILES string of the molecule is C[C@@H](Cc1cc(F)c(OCc2ccccc2)cc1F)[C@]12CCC(=O)CC1OCO2. The Hall–Kier alpha value is -2.31. The van der Waals surface area contributed by atoms with E-state index < -0.39 is 17.2 Å². The maximum atomic E-state index is 14.7. The third kappa shape index (κ3) is 4.05. The van der Waals surface area contributed by atoms with Crippen LogP contribution in [0.25, 0.3) is 0 Å². The molecule has 2 aromatic rings. The predicted molar refractivity (Wildman–Crippen MR) is 102 cm³/mol. The second-order valence-electron chi connectivity index (χ2n) is 7.87. The van der Waals surface area contributed by atoms with Gasteiger partial charge in [0.1, 0.15) is 30.6 Å². The number of hydrogen-bond donors (Lipinski definition) is 0. The number of Topliss-reactive ketones (excluding diaryl/α,β-unsaturated/α-hetero) is 1. The van der Waals surface area contributed by atoms with Crippen LogP contribution in [0.2, 0.25) is 0 Å². The molecule has 0 N–H and O–H groups in total. The molecule has 1 saturated carbocycles. The zero-order chi connectivity index (χ0) is 20.4. The van der Waals surface area contributed by atoms with Gasteiger partial charge in [-0.25, -0.2) is 8.78 Å². The van der Waals surface area contributed by atoms with Crippen LogP contribution in [0.5, 0.6) is 5.75 Å². The van der Waals surface area contributed by atoms with Gasteiger partial charge in [-0.15, -0.1) is 0 Å². The Kier molecular flexibility index (Phi) is 5.65. The van der Waals surface area contributed by atoms with Gasteiger partial charge in [-0.1, -0.05) is 37.3 Å². The average molecular weight is 402 g/mol. The largest absolute Gasteiger partial charge is 0.486 e. The number of ether oxygens (including phenoxy) is 3.